The second-order valence-electron chi connectivity index (χ2n) is 17.6. The van der Waals surface area contributed by atoms with Gasteiger partial charge in [0.2, 0.25) is 5.91 Å². The molecule has 9 rings (SSSR count). The second-order valence-corrected chi connectivity index (χ2v) is 17.6. The first-order chi connectivity index (χ1) is 25.8. The average Bonchev–Trinajstić information content (AvgIpc) is 3.79. The Balaban J connectivity index is 1.16. The standard InChI is InChI=1S/C45H57NO8/c1-41-17-14-31(47)25-43(41)20-21-45(34(26-43)40(49)30-9-11-32(51-3)12-10-30)37(41)15-18-42(2)38(45)16-19-44(42,50)28-46(27-33-7-6-22-54-33)39(48)24-29-8-13-35(52-4)36(23-29)53-5/h8-13,20-21,23,26,31,33,37-38,47,50H,6-7,14-19,22,24-25,27-28H2,1-5H3. The van der Waals surface area contributed by atoms with E-state index in [4.69, 9.17) is 18.9 Å². The average molecular weight is 740 g/mol. The maximum Gasteiger partial charge on any atom is 0.227 e. The first-order valence-corrected chi connectivity index (χ1v) is 20.0. The highest BCUT2D eigenvalue weighted by Gasteiger charge is 2.74. The van der Waals surface area contributed by atoms with E-state index in [1.807, 2.05) is 47.4 Å². The van der Waals surface area contributed by atoms with Gasteiger partial charge in [-0.2, -0.15) is 0 Å². The van der Waals surface area contributed by atoms with Gasteiger partial charge >= 0.3 is 0 Å². The second kappa shape index (κ2) is 13.5. The number of carbonyl (C=O) groups excluding carboxylic acids is 2. The molecule has 2 aromatic carbocycles. The molecule has 2 bridgehead atoms. The first-order valence-electron chi connectivity index (χ1n) is 20.0. The Hall–Kier alpha value is -3.66. The summed E-state index contributed by atoms with van der Waals surface area (Å²) in [6.45, 7) is 5.93. The van der Waals surface area contributed by atoms with Gasteiger partial charge in [0, 0.05) is 40.5 Å². The number of methoxy groups -OCH3 is 3. The molecular formula is C45H57NO8. The van der Waals surface area contributed by atoms with E-state index < -0.39 is 27.9 Å². The molecular weight excluding hydrogens is 682 g/mol. The molecule has 6 aliphatic carbocycles. The predicted octanol–water partition coefficient (Wildman–Crippen LogP) is 6.74. The molecule has 9 atom stereocenters. The number of hydrogen-bond acceptors (Lipinski definition) is 8. The van der Waals surface area contributed by atoms with Gasteiger partial charge in [-0.05, 0) is 117 Å². The summed E-state index contributed by atoms with van der Waals surface area (Å²) in [4.78, 5) is 31.1. The van der Waals surface area contributed by atoms with Crippen molar-refractivity contribution in [3.05, 3.63) is 77.4 Å². The Kier molecular flexibility index (Phi) is 9.33. The van der Waals surface area contributed by atoms with Gasteiger partial charge < -0.3 is 34.1 Å². The van der Waals surface area contributed by atoms with E-state index in [-0.39, 0.29) is 48.0 Å². The van der Waals surface area contributed by atoms with E-state index in [0.717, 1.165) is 56.1 Å². The summed E-state index contributed by atoms with van der Waals surface area (Å²) in [6, 6.07) is 12.9. The monoisotopic (exact) mass is 739 g/mol. The highest BCUT2D eigenvalue weighted by atomic mass is 16.5. The number of aliphatic hydroxyl groups is 2. The molecule has 290 valence electrons. The molecule has 1 amide bonds. The van der Waals surface area contributed by atoms with Crippen LogP contribution in [0.25, 0.3) is 0 Å². The van der Waals surface area contributed by atoms with Crippen LogP contribution in [0.2, 0.25) is 0 Å². The van der Waals surface area contributed by atoms with Crippen LogP contribution in [0, 0.1) is 33.5 Å². The molecule has 1 aliphatic heterocycles. The minimum absolute atomic E-state index is 0.0123. The van der Waals surface area contributed by atoms with Crippen LogP contribution in [0.3, 0.4) is 0 Å². The molecule has 1 saturated heterocycles. The Bertz CT molecular complexity index is 1850. The number of nitrogens with zero attached hydrogens (tertiary/aromatic N) is 1. The molecule has 2 aromatic rings. The lowest BCUT2D eigenvalue weighted by molar-refractivity contribution is -0.179. The molecule has 9 unspecified atom stereocenters. The van der Waals surface area contributed by atoms with Crippen LogP contribution in [0.1, 0.15) is 87.6 Å². The molecule has 0 aromatic heterocycles. The molecule has 54 heavy (non-hydrogen) atoms. The summed E-state index contributed by atoms with van der Waals surface area (Å²) in [5.74, 6) is 1.98. The van der Waals surface area contributed by atoms with Gasteiger partial charge in [-0.3, -0.25) is 9.59 Å². The Morgan fingerprint density at radius 2 is 1.59 bits per heavy atom. The van der Waals surface area contributed by atoms with Crippen LogP contribution in [-0.4, -0.2) is 85.6 Å². The van der Waals surface area contributed by atoms with Crippen LogP contribution in [-0.2, 0) is 16.0 Å². The SMILES string of the molecule is COc1ccc(C(=O)C2=CC34C=CC25C(CCC2(C)C5CCC2(O)CN(CC2CCCO2)C(=O)Cc2ccc(OC)c(OC)c2)C3(C)CCC(O)C4)cc1. The maximum absolute atomic E-state index is 14.9. The Morgan fingerprint density at radius 1 is 0.870 bits per heavy atom. The van der Waals surface area contributed by atoms with Crippen molar-refractivity contribution >= 4 is 11.7 Å². The summed E-state index contributed by atoms with van der Waals surface area (Å²) in [6.07, 6.45) is 13.6. The zero-order chi connectivity index (χ0) is 38.1. The van der Waals surface area contributed by atoms with Crippen molar-refractivity contribution in [3.63, 3.8) is 0 Å². The lowest BCUT2D eigenvalue weighted by Gasteiger charge is -2.71. The lowest BCUT2D eigenvalue weighted by Crippen LogP contribution is -2.67. The normalized spacial score (nSPS) is 37.5. The zero-order valence-electron chi connectivity index (χ0n) is 32.6. The Morgan fingerprint density at radius 3 is 2.30 bits per heavy atom. The van der Waals surface area contributed by atoms with Crippen molar-refractivity contribution in [1.29, 1.82) is 0 Å². The van der Waals surface area contributed by atoms with E-state index in [0.29, 0.717) is 48.8 Å². The lowest BCUT2D eigenvalue weighted by atomic mass is 9.32. The van der Waals surface area contributed by atoms with Crippen LogP contribution in [0.15, 0.2) is 66.3 Å². The highest BCUT2D eigenvalue weighted by molar-refractivity contribution is 6.10. The van der Waals surface area contributed by atoms with E-state index in [2.05, 4.69) is 32.1 Å². The first kappa shape index (κ1) is 37.3. The van der Waals surface area contributed by atoms with Gasteiger partial charge in [-0.1, -0.05) is 38.1 Å². The minimum Gasteiger partial charge on any atom is -0.497 e. The fourth-order valence-corrected chi connectivity index (χ4v) is 12.4. The van der Waals surface area contributed by atoms with Gasteiger partial charge in [0.15, 0.2) is 17.3 Å². The third-order valence-electron chi connectivity index (χ3n) is 15.4. The fourth-order valence-electron chi connectivity index (χ4n) is 12.4. The molecule has 4 fully saturated rings. The Labute approximate surface area is 319 Å². The summed E-state index contributed by atoms with van der Waals surface area (Å²) in [5, 5.41) is 24.2. The quantitative estimate of drug-likeness (QED) is 0.193. The molecule has 9 nitrogen and oxygen atoms in total. The smallest absolute Gasteiger partial charge is 0.227 e. The number of ketones is 1. The zero-order valence-corrected chi connectivity index (χ0v) is 32.6. The van der Waals surface area contributed by atoms with E-state index in [1.54, 1.807) is 21.3 Å². The number of allylic oxidation sites excluding steroid dienone is 4. The molecule has 1 heterocycles. The van der Waals surface area contributed by atoms with Gasteiger partial charge in [-0.25, -0.2) is 0 Å². The largest absolute Gasteiger partial charge is 0.497 e. The van der Waals surface area contributed by atoms with Gasteiger partial charge in [0.25, 0.3) is 0 Å². The third-order valence-corrected chi connectivity index (χ3v) is 15.4. The number of aliphatic hydroxyl groups excluding tert-OH is 1. The minimum atomic E-state index is -1.18. The highest BCUT2D eigenvalue weighted by Crippen LogP contribution is 2.78. The molecule has 0 radical (unpaired) electrons. The third kappa shape index (κ3) is 5.50. The topological polar surface area (TPSA) is 115 Å². The molecule has 9 heteroatoms. The van der Waals surface area contributed by atoms with Gasteiger partial charge in [0.05, 0.1) is 52.1 Å². The number of amides is 1. The summed E-state index contributed by atoms with van der Waals surface area (Å²) in [5.41, 5.74) is -0.639. The number of ether oxygens (including phenoxy) is 4. The maximum atomic E-state index is 14.9. The molecule has 3 saturated carbocycles. The van der Waals surface area contributed by atoms with Crippen molar-refractivity contribution in [3.8, 4) is 17.2 Å². The van der Waals surface area contributed by atoms with Gasteiger partial charge in [0.1, 0.15) is 5.75 Å². The summed E-state index contributed by atoms with van der Waals surface area (Å²) in [7, 11) is 4.80. The van der Waals surface area contributed by atoms with Crippen molar-refractivity contribution in [1.82, 2.24) is 4.90 Å². The molecule has 2 N–H and O–H groups in total. The fraction of sp³-hybridized carbons (Fsp3) is 0.600. The van der Waals surface area contributed by atoms with E-state index in [9.17, 15) is 19.8 Å². The predicted molar refractivity (Wildman–Crippen MR) is 205 cm³/mol. The summed E-state index contributed by atoms with van der Waals surface area (Å²) < 4.78 is 22.5. The number of carbonyl (C=O) groups is 2. The number of Topliss-reactive ketones (excluding diaryl/α,β-unsaturated/α-hetero) is 1. The van der Waals surface area contributed by atoms with Crippen molar-refractivity contribution in [2.75, 3.05) is 41.0 Å². The van der Waals surface area contributed by atoms with Crippen molar-refractivity contribution in [2.45, 2.75) is 95.9 Å². The van der Waals surface area contributed by atoms with Crippen LogP contribution < -0.4 is 14.2 Å². The molecule has 7 aliphatic rings. The van der Waals surface area contributed by atoms with Crippen LogP contribution >= 0.6 is 0 Å². The molecule has 2 spiro atoms. The van der Waals surface area contributed by atoms with Gasteiger partial charge in [-0.15, -0.1) is 0 Å². The van der Waals surface area contributed by atoms with E-state index in [1.165, 1.54) is 0 Å². The van der Waals surface area contributed by atoms with Crippen molar-refractivity contribution < 1.29 is 38.7 Å². The summed E-state index contributed by atoms with van der Waals surface area (Å²) >= 11 is 0. The van der Waals surface area contributed by atoms with Crippen LogP contribution in [0.5, 0.6) is 17.2 Å². The van der Waals surface area contributed by atoms with E-state index >= 15 is 0 Å². The number of rotatable bonds is 11. The number of benzene rings is 2. The number of hydrogen-bond donors (Lipinski definition) is 2. The van der Waals surface area contributed by atoms with Crippen molar-refractivity contribution in [2.24, 2.45) is 33.5 Å². The van der Waals surface area contributed by atoms with Crippen LogP contribution in [0.4, 0.5) is 0 Å². The number of fused-ring (bicyclic) bond motifs is 1.